The van der Waals surface area contributed by atoms with Gasteiger partial charge in [-0.05, 0) is 13.2 Å². The van der Waals surface area contributed by atoms with Gasteiger partial charge >= 0.3 is 0 Å². The third-order valence-electron chi connectivity index (χ3n) is 6.52. The van der Waals surface area contributed by atoms with Gasteiger partial charge in [-0.25, -0.2) is 0 Å². The topological polar surface area (TPSA) is 73.9 Å². The van der Waals surface area contributed by atoms with Crippen LogP contribution in [-0.4, -0.2) is 62.6 Å². The molecule has 0 spiro atoms. The molecule has 0 aliphatic carbocycles. The van der Waals surface area contributed by atoms with Gasteiger partial charge in [-0.15, -0.1) is 11.8 Å². The zero-order valence-corrected chi connectivity index (χ0v) is 22.6. The number of nitrogens with one attached hydrogen (secondary N) is 1. The maximum absolute atomic E-state index is 12.7. The summed E-state index contributed by atoms with van der Waals surface area (Å²) in [4.78, 5) is 25.3. The third kappa shape index (κ3) is 6.55. The van der Waals surface area contributed by atoms with Crippen LogP contribution in [0.5, 0.6) is 0 Å². The zero-order valence-electron chi connectivity index (χ0n) is 21.8. The summed E-state index contributed by atoms with van der Waals surface area (Å²) >= 11 is 1.57. The molecule has 1 fully saturated rings. The minimum atomic E-state index is -1.40. The highest BCUT2D eigenvalue weighted by molar-refractivity contribution is 8.00. The van der Waals surface area contributed by atoms with Crippen molar-refractivity contribution in [1.82, 2.24) is 5.32 Å². The van der Waals surface area contributed by atoms with Gasteiger partial charge in [-0.3, -0.25) is 9.59 Å². The molecular weight excluding hydrogens is 486 g/mol. The van der Waals surface area contributed by atoms with Crippen molar-refractivity contribution < 1.29 is 23.8 Å². The number of morpholine rings is 1. The van der Waals surface area contributed by atoms with E-state index in [0.717, 1.165) is 18.7 Å². The Kier molecular flexibility index (Phi) is 10.6. The Hall–Kier alpha value is -2.81. The number of hydrogen-bond acceptors (Lipinski definition) is 7. The normalized spacial score (nSPS) is 17.1. The molecule has 7 heteroatoms. The quantitative estimate of drug-likeness (QED) is 0.314. The largest absolute Gasteiger partial charge is 0.374 e. The van der Waals surface area contributed by atoms with Crippen molar-refractivity contribution in [3.05, 3.63) is 108 Å². The first-order chi connectivity index (χ1) is 17.9. The van der Waals surface area contributed by atoms with Crippen LogP contribution >= 0.6 is 11.8 Å². The number of benzene rings is 3. The van der Waals surface area contributed by atoms with Gasteiger partial charge in [0.2, 0.25) is 5.78 Å². The molecule has 1 aliphatic rings. The Labute approximate surface area is 223 Å². The molecule has 0 amide bonds. The Morgan fingerprint density at radius 3 is 1.76 bits per heavy atom. The van der Waals surface area contributed by atoms with Crippen LogP contribution in [0.15, 0.2) is 91.0 Å². The Bertz CT molecular complexity index is 1120. The van der Waals surface area contributed by atoms with Crippen molar-refractivity contribution in [3.8, 4) is 0 Å². The number of rotatable bonds is 9. The van der Waals surface area contributed by atoms with Crippen molar-refractivity contribution in [2.75, 3.05) is 40.2 Å². The van der Waals surface area contributed by atoms with Gasteiger partial charge in [-0.1, -0.05) is 91.0 Å². The molecule has 0 bridgehead atoms. The minimum absolute atomic E-state index is 0.0750. The van der Waals surface area contributed by atoms with E-state index < -0.39 is 10.5 Å². The van der Waals surface area contributed by atoms with Crippen molar-refractivity contribution in [2.45, 2.75) is 23.6 Å². The van der Waals surface area contributed by atoms with E-state index in [-0.39, 0.29) is 17.7 Å². The second kappa shape index (κ2) is 13.7. The molecule has 1 N–H and O–H groups in total. The van der Waals surface area contributed by atoms with E-state index in [4.69, 9.17) is 14.2 Å². The van der Waals surface area contributed by atoms with Gasteiger partial charge in [0.25, 0.3) is 5.79 Å². The van der Waals surface area contributed by atoms with Gasteiger partial charge in [0.15, 0.2) is 5.78 Å². The van der Waals surface area contributed by atoms with Gasteiger partial charge in [-0.2, -0.15) is 0 Å². The SMILES string of the molecule is COC(OC)(C(=O)c1ccccc1)c1ccccc1.CSC(C)(C(=O)c1ccccc1)C1CNCCO1. The zero-order chi connectivity index (χ0) is 26.7. The van der Waals surface area contributed by atoms with Gasteiger partial charge in [0.1, 0.15) is 4.75 Å². The number of carbonyl (C=O) groups is 2. The fraction of sp³-hybridized carbons (Fsp3) is 0.333. The Morgan fingerprint density at radius 2 is 1.32 bits per heavy atom. The second-order valence-electron chi connectivity index (χ2n) is 8.66. The lowest BCUT2D eigenvalue weighted by Gasteiger charge is -2.37. The molecule has 0 aromatic heterocycles. The molecule has 0 radical (unpaired) electrons. The molecular formula is C30H35NO5S. The summed E-state index contributed by atoms with van der Waals surface area (Å²) in [5.74, 6) is -1.48. The summed E-state index contributed by atoms with van der Waals surface area (Å²) in [7, 11) is 2.94. The molecule has 4 rings (SSSR count). The van der Waals surface area contributed by atoms with Crippen molar-refractivity contribution in [1.29, 1.82) is 0 Å². The van der Waals surface area contributed by atoms with Crippen molar-refractivity contribution in [2.24, 2.45) is 0 Å². The summed E-state index contributed by atoms with van der Waals surface area (Å²) in [6.45, 7) is 4.24. The summed E-state index contributed by atoms with van der Waals surface area (Å²) in [6, 6.07) is 27.6. The average Bonchev–Trinajstić information content (AvgIpc) is 2.99. The van der Waals surface area contributed by atoms with E-state index in [1.807, 2.05) is 92.0 Å². The highest BCUT2D eigenvalue weighted by Crippen LogP contribution is 2.33. The number of hydrogen-bond donors (Lipinski definition) is 1. The highest BCUT2D eigenvalue weighted by Gasteiger charge is 2.43. The lowest BCUT2D eigenvalue weighted by atomic mass is 9.92. The van der Waals surface area contributed by atoms with Gasteiger partial charge in [0.05, 0.1) is 12.7 Å². The fourth-order valence-electron chi connectivity index (χ4n) is 4.24. The van der Waals surface area contributed by atoms with Crippen LogP contribution in [0.25, 0.3) is 0 Å². The number of ether oxygens (including phenoxy) is 3. The van der Waals surface area contributed by atoms with Crippen LogP contribution < -0.4 is 5.32 Å². The number of carbonyl (C=O) groups excluding carboxylic acids is 2. The number of thioether (sulfide) groups is 1. The standard InChI is InChI=1S/C16H16O3.C14H19NO2S/c1-18-16(19-2,14-11-7-4-8-12-14)15(17)13-9-5-3-6-10-13;1-14(18-2,12-10-15-8-9-17-12)13(16)11-6-4-3-5-7-11/h3-12H,1-2H3;3-7,12,15H,8-10H2,1-2H3. The van der Waals surface area contributed by atoms with Crippen LogP contribution in [0.3, 0.4) is 0 Å². The lowest BCUT2D eigenvalue weighted by Crippen LogP contribution is -2.53. The molecule has 2 atom stereocenters. The van der Waals surface area contributed by atoms with Crippen LogP contribution in [0.4, 0.5) is 0 Å². The van der Waals surface area contributed by atoms with E-state index in [9.17, 15) is 9.59 Å². The van der Waals surface area contributed by atoms with Gasteiger partial charge in [0, 0.05) is 44.0 Å². The van der Waals surface area contributed by atoms with Crippen molar-refractivity contribution >= 4 is 23.3 Å². The molecule has 0 saturated carbocycles. The monoisotopic (exact) mass is 521 g/mol. The van der Waals surface area contributed by atoms with E-state index in [1.165, 1.54) is 14.2 Å². The maximum atomic E-state index is 12.7. The highest BCUT2D eigenvalue weighted by atomic mass is 32.2. The molecule has 1 saturated heterocycles. The first-order valence-corrected chi connectivity index (χ1v) is 13.4. The second-order valence-corrected chi connectivity index (χ2v) is 9.91. The Balaban J connectivity index is 0.000000206. The molecule has 1 aliphatic heterocycles. The van der Waals surface area contributed by atoms with Gasteiger partial charge < -0.3 is 19.5 Å². The summed E-state index contributed by atoms with van der Waals surface area (Å²) in [5, 5.41) is 3.29. The molecule has 3 aromatic rings. The molecule has 6 nitrogen and oxygen atoms in total. The van der Waals surface area contributed by atoms with E-state index >= 15 is 0 Å². The number of Topliss-reactive ketones (excluding diaryl/α,β-unsaturated/α-hetero) is 2. The summed E-state index contributed by atoms with van der Waals surface area (Å²) in [6.07, 6.45) is 1.90. The first kappa shape index (κ1) is 28.8. The third-order valence-corrected chi connectivity index (χ3v) is 7.81. The summed E-state index contributed by atoms with van der Waals surface area (Å²) in [5.41, 5.74) is 1.98. The first-order valence-electron chi connectivity index (χ1n) is 12.2. The fourth-order valence-corrected chi connectivity index (χ4v) is 4.96. The predicted molar refractivity (Wildman–Crippen MR) is 148 cm³/mol. The van der Waals surface area contributed by atoms with Crippen molar-refractivity contribution in [3.63, 3.8) is 0 Å². The average molecular weight is 522 g/mol. The molecule has 1 heterocycles. The van der Waals surface area contributed by atoms with Crippen LogP contribution in [0.2, 0.25) is 0 Å². The minimum Gasteiger partial charge on any atom is -0.374 e. The Morgan fingerprint density at radius 1 is 0.838 bits per heavy atom. The number of methoxy groups -OCH3 is 2. The van der Waals surface area contributed by atoms with E-state index in [2.05, 4.69) is 5.32 Å². The van der Waals surface area contributed by atoms with Crippen LogP contribution in [-0.2, 0) is 20.0 Å². The number of ketones is 2. The molecule has 37 heavy (non-hydrogen) atoms. The smallest absolute Gasteiger partial charge is 0.260 e. The predicted octanol–water partition coefficient (Wildman–Crippen LogP) is 4.99. The van der Waals surface area contributed by atoms with Crippen LogP contribution in [0.1, 0.15) is 33.2 Å². The van der Waals surface area contributed by atoms with Crippen LogP contribution in [0, 0.1) is 0 Å². The molecule has 196 valence electrons. The maximum Gasteiger partial charge on any atom is 0.260 e. The summed E-state index contributed by atoms with van der Waals surface area (Å²) < 4.78 is 16.1. The molecule has 3 aromatic carbocycles. The lowest BCUT2D eigenvalue weighted by molar-refractivity contribution is -0.176. The van der Waals surface area contributed by atoms with E-state index in [0.29, 0.717) is 17.7 Å². The molecule has 2 unspecified atom stereocenters. The van der Waals surface area contributed by atoms with E-state index in [1.54, 1.807) is 23.9 Å².